The lowest BCUT2D eigenvalue weighted by atomic mass is 10.1. The smallest absolute Gasteiger partial charge is 0.287 e. The van der Waals surface area contributed by atoms with Crippen LogP contribution in [0.15, 0.2) is 65.6 Å². The highest BCUT2D eigenvalue weighted by atomic mass is 35.5. The molecule has 2 amide bonds. The van der Waals surface area contributed by atoms with Crippen molar-refractivity contribution >= 4 is 39.0 Å². The van der Waals surface area contributed by atoms with Gasteiger partial charge in [0.15, 0.2) is 0 Å². The maximum Gasteiger partial charge on any atom is 0.343 e. The summed E-state index contributed by atoms with van der Waals surface area (Å²) in [5.41, 5.74) is 2.65. The Morgan fingerprint density at radius 2 is 1.70 bits per heavy atom. The molecule has 1 aliphatic rings. The quantitative estimate of drug-likeness (QED) is 0.541. The number of urea groups is 1. The molecule has 0 unspecified atom stereocenters. The van der Waals surface area contributed by atoms with Gasteiger partial charge in [0.2, 0.25) is 0 Å². The molecule has 3 aromatic rings. The minimum Gasteiger partial charge on any atom is -0.287 e. The van der Waals surface area contributed by atoms with Gasteiger partial charge in [0.1, 0.15) is 10.7 Å². The first kappa shape index (κ1) is 20.4. The maximum absolute atomic E-state index is 13.5. The predicted molar refractivity (Wildman–Crippen MR) is 115 cm³/mol. The fourth-order valence-electron chi connectivity index (χ4n) is 3.55. The van der Waals surface area contributed by atoms with Crippen molar-refractivity contribution in [3.63, 3.8) is 0 Å². The number of hydrogen-bond acceptors (Lipinski definition) is 3. The fourth-order valence-corrected chi connectivity index (χ4v) is 5.44. The monoisotopic (exact) mass is 444 g/mol. The number of carbonyl (C=O) groups excluding carboxylic acids is 1. The van der Waals surface area contributed by atoms with Gasteiger partial charge in [-0.25, -0.2) is 17.6 Å². The lowest BCUT2D eigenvalue weighted by molar-refractivity contribution is 0.253. The molecule has 0 aromatic heterocycles. The van der Waals surface area contributed by atoms with Crippen LogP contribution >= 0.6 is 11.6 Å². The molecule has 154 valence electrons. The number of nitrogens with zero attached hydrogens (tertiary/aromatic N) is 2. The third kappa shape index (κ3) is 3.34. The van der Waals surface area contributed by atoms with E-state index in [-0.39, 0.29) is 27.8 Å². The molecule has 4 rings (SSSR count). The second-order valence-corrected chi connectivity index (χ2v) is 9.29. The summed E-state index contributed by atoms with van der Waals surface area (Å²) < 4.78 is 41.0. The van der Waals surface area contributed by atoms with Gasteiger partial charge in [0, 0.05) is 5.02 Å². The molecule has 8 heteroatoms. The van der Waals surface area contributed by atoms with E-state index in [0.29, 0.717) is 11.1 Å². The molecule has 0 aliphatic carbocycles. The molecule has 0 saturated carbocycles. The van der Waals surface area contributed by atoms with Crippen molar-refractivity contribution in [1.29, 1.82) is 0 Å². The van der Waals surface area contributed by atoms with Gasteiger partial charge in [-0.1, -0.05) is 47.5 Å². The van der Waals surface area contributed by atoms with Gasteiger partial charge in [-0.2, -0.15) is 4.31 Å². The number of hydrogen-bond donors (Lipinski definition) is 0. The molecule has 5 nitrogen and oxygen atoms in total. The lowest BCUT2D eigenvalue weighted by Crippen LogP contribution is -2.51. The molecule has 0 radical (unpaired) electrons. The van der Waals surface area contributed by atoms with Gasteiger partial charge in [0.25, 0.3) is 10.0 Å². The van der Waals surface area contributed by atoms with Crippen LogP contribution in [0.3, 0.4) is 0 Å². The average Bonchev–Trinajstić information content (AvgIpc) is 2.68. The molecule has 3 aromatic carbocycles. The molecule has 0 bridgehead atoms. The summed E-state index contributed by atoms with van der Waals surface area (Å²) >= 11 is 6.17. The number of fused-ring (bicyclic) bond motifs is 1. The first-order chi connectivity index (χ1) is 14.2. The highest BCUT2D eigenvalue weighted by molar-refractivity contribution is 7.94. The number of aryl methyl sites for hydroxylation is 2. The second-order valence-electron chi connectivity index (χ2n) is 7.13. The van der Waals surface area contributed by atoms with Crippen molar-refractivity contribution in [3.05, 3.63) is 88.2 Å². The Morgan fingerprint density at radius 1 is 0.967 bits per heavy atom. The second kappa shape index (κ2) is 7.41. The van der Waals surface area contributed by atoms with Crippen molar-refractivity contribution in [1.82, 2.24) is 0 Å². The van der Waals surface area contributed by atoms with Crippen LogP contribution in [0.25, 0.3) is 0 Å². The Morgan fingerprint density at radius 3 is 2.40 bits per heavy atom. The summed E-state index contributed by atoms with van der Waals surface area (Å²) in [4.78, 5) is 14.8. The van der Waals surface area contributed by atoms with Crippen LogP contribution in [-0.2, 0) is 16.6 Å². The molecule has 0 spiro atoms. The third-order valence-corrected chi connectivity index (χ3v) is 7.08. The zero-order valence-corrected chi connectivity index (χ0v) is 17.8. The van der Waals surface area contributed by atoms with E-state index in [1.807, 2.05) is 13.0 Å². The maximum atomic E-state index is 13.5. The van der Waals surface area contributed by atoms with Crippen LogP contribution in [0.4, 0.5) is 20.6 Å². The number of anilines is 2. The number of para-hydroxylation sites is 1. The zero-order valence-electron chi connectivity index (χ0n) is 16.3. The van der Waals surface area contributed by atoms with Crippen LogP contribution in [0.2, 0.25) is 5.02 Å². The summed E-state index contributed by atoms with van der Waals surface area (Å²) in [6.07, 6.45) is 0. The summed E-state index contributed by atoms with van der Waals surface area (Å²) in [6, 6.07) is 14.7. The van der Waals surface area contributed by atoms with Crippen molar-refractivity contribution in [3.8, 4) is 0 Å². The molecule has 1 aliphatic heterocycles. The van der Waals surface area contributed by atoms with E-state index < -0.39 is 21.9 Å². The van der Waals surface area contributed by atoms with E-state index in [1.165, 1.54) is 23.1 Å². The number of rotatable bonds is 3. The highest BCUT2D eigenvalue weighted by Crippen LogP contribution is 2.39. The standard InChI is InChI=1S/C22H18ClFN2O3S/c1-14-7-10-19(15(2)11-14)26-22(27)25(13-16-8-9-17(24)12-18(16)23)20-5-3-4-6-21(20)30(26,28)29/h3-12H,13H2,1-2H3. The predicted octanol–water partition coefficient (Wildman–Crippen LogP) is 5.43. The van der Waals surface area contributed by atoms with E-state index in [9.17, 15) is 17.6 Å². The van der Waals surface area contributed by atoms with Gasteiger partial charge < -0.3 is 0 Å². The Balaban J connectivity index is 1.89. The molecule has 1 heterocycles. The van der Waals surface area contributed by atoms with Crippen LogP contribution in [0.1, 0.15) is 16.7 Å². The first-order valence-corrected chi connectivity index (χ1v) is 11.0. The minimum atomic E-state index is -4.11. The minimum absolute atomic E-state index is 0.00805. The van der Waals surface area contributed by atoms with Gasteiger partial charge in [-0.05, 0) is 55.3 Å². The first-order valence-electron chi connectivity index (χ1n) is 9.17. The van der Waals surface area contributed by atoms with Gasteiger partial charge >= 0.3 is 6.03 Å². The van der Waals surface area contributed by atoms with Crippen molar-refractivity contribution in [2.45, 2.75) is 25.3 Å². The topological polar surface area (TPSA) is 57.7 Å². The summed E-state index contributed by atoms with van der Waals surface area (Å²) in [7, 11) is -4.11. The van der Waals surface area contributed by atoms with Crippen molar-refractivity contribution < 1.29 is 17.6 Å². The van der Waals surface area contributed by atoms with Gasteiger partial charge in [-0.3, -0.25) is 4.90 Å². The van der Waals surface area contributed by atoms with Crippen molar-refractivity contribution in [2.24, 2.45) is 0 Å². The normalized spacial score (nSPS) is 15.3. The molecule has 0 atom stereocenters. The molecule has 30 heavy (non-hydrogen) atoms. The lowest BCUT2D eigenvalue weighted by Gasteiger charge is -2.37. The number of halogens is 2. The largest absolute Gasteiger partial charge is 0.343 e. The van der Waals surface area contributed by atoms with Crippen LogP contribution in [0.5, 0.6) is 0 Å². The molecule has 0 N–H and O–H groups in total. The SMILES string of the molecule is Cc1ccc(N2C(=O)N(Cc3ccc(F)cc3Cl)c3ccccc3S2(=O)=O)c(C)c1. The highest BCUT2D eigenvalue weighted by Gasteiger charge is 2.43. The summed E-state index contributed by atoms with van der Waals surface area (Å²) in [5.74, 6) is -0.492. The molecular formula is C22H18ClFN2O3S. The van der Waals surface area contributed by atoms with E-state index in [2.05, 4.69) is 0 Å². The third-order valence-electron chi connectivity index (χ3n) is 4.99. The Kier molecular flexibility index (Phi) is 5.03. The molecule has 0 saturated heterocycles. The van der Waals surface area contributed by atoms with Crippen molar-refractivity contribution in [2.75, 3.05) is 9.21 Å². The van der Waals surface area contributed by atoms with E-state index >= 15 is 0 Å². The molecule has 0 fully saturated rings. The van der Waals surface area contributed by atoms with E-state index in [4.69, 9.17) is 11.6 Å². The molecular weight excluding hydrogens is 427 g/mol. The van der Waals surface area contributed by atoms with Gasteiger partial charge in [0.05, 0.1) is 17.9 Å². The Labute approximate surface area is 179 Å². The number of amides is 2. The van der Waals surface area contributed by atoms with Gasteiger partial charge in [-0.15, -0.1) is 0 Å². The van der Waals surface area contributed by atoms with E-state index in [1.54, 1.807) is 37.3 Å². The summed E-state index contributed by atoms with van der Waals surface area (Å²) in [5, 5.41) is 0.159. The zero-order chi connectivity index (χ0) is 21.6. The number of benzene rings is 3. The van der Waals surface area contributed by atoms with Crippen LogP contribution in [0, 0.1) is 19.7 Å². The number of sulfonamides is 1. The average molecular weight is 445 g/mol. The van der Waals surface area contributed by atoms with Crippen LogP contribution in [-0.4, -0.2) is 14.4 Å². The summed E-state index contributed by atoms with van der Waals surface area (Å²) in [6.45, 7) is 3.64. The van der Waals surface area contributed by atoms with E-state index in [0.717, 1.165) is 15.9 Å². The number of carbonyl (C=O) groups is 1. The van der Waals surface area contributed by atoms with Crippen LogP contribution < -0.4 is 9.21 Å². The Bertz CT molecular complexity index is 1280. The Hall–Kier alpha value is -2.90. The fraction of sp³-hybridized carbons (Fsp3) is 0.136.